The maximum absolute atomic E-state index is 14.2. The van der Waals surface area contributed by atoms with Crippen LogP contribution < -0.4 is 5.32 Å². The molecule has 1 aliphatic heterocycles. The lowest BCUT2D eigenvalue weighted by Crippen LogP contribution is -2.33. The van der Waals surface area contributed by atoms with Crippen LogP contribution >= 0.6 is 35.6 Å². The van der Waals surface area contributed by atoms with Crippen molar-refractivity contribution in [3.05, 3.63) is 23.0 Å². The number of nitrogens with one attached hydrogen (secondary N) is 1. The average Bonchev–Trinajstić information content (AvgIpc) is 2.59. The Morgan fingerprint density at radius 2 is 2.36 bits per heavy atom. The Kier molecular flexibility index (Phi) is 7.46. The summed E-state index contributed by atoms with van der Waals surface area (Å²) in [6.07, 6.45) is 3.62. The lowest BCUT2D eigenvalue weighted by atomic mass is 10.3. The minimum absolute atomic E-state index is 0.189. The van der Waals surface area contributed by atoms with Crippen molar-refractivity contribution in [1.29, 1.82) is 0 Å². The van der Waals surface area contributed by atoms with E-state index in [2.05, 4.69) is 10.4 Å². The number of carbonyl (C=O) groups excluding carboxylic acids is 1. The minimum atomic E-state index is -0.526. The standard InChI is InChI=1S/C16H19ClFN3O2S2/c1-3-23-15(22)10(2)25-14-9-13(12(18)8-11(14)17)20-16(24)21-7-5-4-6-19-21/h6,8-10H,3-5,7H2,1-2H3,(H,20,24). The first-order valence-corrected chi connectivity index (χ1v) is 9.52. The van der Waals surface area contributed by atoms with Crippen LogP contribution in [-0.2, 0) is 9.53 Å². The van der Waals surface area contributed by atoms with E-state index in [-0.39, 0.29) is 16.7 Å². The first-order valence-electron chi connectivity index (χ1n) is 7.85. The highest BCUT2D eigenvalue weighted by Crippen LogP contribution is 2.35. The summed E-state index contributed by atoms with van der Waals surface area (Å²) >= 11 is 12.6. The van der Waals surface area contributed by atoms with Crippen molar-refractivity contribution in [1.82, 2.24) is 5.01 Å². The third kappa shape index (κ3) is 5.55. The number of thiocarbonyl (C=S) groups is 1. The Balaban J connectivity index is 2.13. The number of hydrogen-bond acceptors (Lipinski definition) is 5. The van der Waals surface area contributed by atoms with Gasteiger partial charge in [0.25, 0.3) is 0 Å². The first-order chi connectivity index (χ1) is 11.9. The summed E-state index contributed by atoms with van der Waals surface area (Å²) in [5.41, 5.74) is 0.189. The molecule has 0 fully saturated rings. The van der Waals surface area contributed by atoms with Gasteiger partial charge in [0.05, 0.1) is 17.3 Å². The van der Waals surface area contributed by atoms with Gasteiger partial charge in [0.2, 0.25) is 0 Å². The van der Waals surface area contributed by atoms with Crippen molar-refractivity contribution in [2.24, 2.45) is 5.10 Å². The molecular formula is C16H19ClFN3O2S2. The monoisotopic (exact) mass is 403 g/mol. The Morgan fingerprint density at radius 1 is 1.60 bits per heavy atom. The third-order valence-corrected chi connectivity index (χ3v) is 5.22. The number of rotatable bonds is 5. The normalized spacial score (nSPS) is 15.0. The van der Waals surface area contributed by atoms with Crippen molar-refractivity contribution in [2.45, 2.75) is 36.8 Å². The molecule has 25 heavy (non-hydrogen) atoms. The molecule has 1 N–H and O–H groups in total. The number of hydrazone groups is 1. The summed E-state index contributed by atoms with van der Waals surface area (Å²) in [5, 5.41) is 8.72. The Hall–Kier alpha value is -1.38. The fourth-order valence-electron chi connectivity index (χ4n) is 2.09. The number of hydrogen-bond donors (Lipinski definition) is 1. The van der Waals surface area contributed by atoms with Crippen LogP contribution in [0.2, 0.25) is 5.02 Å². The number of nitrogens with zero attached hydrogens (tertiary/aromatic N) is 2. The SMILES string of the molecule is CCOC(=O)C(C)Sc1cc(NC(=S)N2CCCC=N2)c(F)cc1Cl. The van der Waals surface area contributed by atoms with Crippen LogP contribution in [0, 0.1) is 5.82 Å². The van der Waals surface area contributed by atoms with Crippen LogP contribution in [0.1, 0.15) is 26.7 Å². The van der Waals surface area contributed by atoms with Crippen LogP contribution in [0.25, 0.3) is 0 Å². The van der Waals surface area contributed by atoms with E-state index in [4.69, 9.17) is 28.6 Å². The number of anilines is 1. The van der Waals surface area contributed by atoms with Gasteiger partial charge in [0, 0.05) is 17.7 Å². The molecule has 0 saturated heterocycles. The van der Waals surface area contributed by atoms with Crippen LogP contribution in [0.15, 0.2) is 22.1 Å². The van der Waals surface area contributed by atoms with Crippen molar-refractivity contribution < 1.29 is 13.9 Å². The van der Waals surface area contributed by atoms with E-state index >= 15 is 0 Å². The zero-order valence-corrected chi connectivity index (χ0v) is 16.3. The van der Waals surface area contributed by atoms with Gasteiger partial charge in [-0.3, -0.25) is 4.79 Å². The quantitative estimate of drug-likeness (QED) is 0.449. The van der Waals surface area contributed by atoms with Crippen LogP contribution in [0.4, 0.5) is 10.1 Å². The number of ether oxygens (including phenoxy) is 1. The van der Waals surface area contributed by atoms with Crippen LogP contribution in [0.3, 0.4) is 0 Å². The molecule has 0 aliphatic carbocycles. The fraction of sp³-hybridized carbons (Fsp3) is 0.438. The van der Waals surface area contributed by atoms with Crippen LogP contribution in [0.5, 0.6) is 0 Å². The predicted octanol–water partition coefficient (Wildman–Crippen LogP) is 4.30. The van der Waals surface area contributed by atoms with E-state index in [1.54, 1.807) is 25.1 Å². The second-order valence-corrected chi connectivity index (χ2v) is 7.44. The maximum Gasteiger partial charge on any atom is 0.319 e. The van der Waals surface area contributed by atoms with E-state index in [9.17, 15) is 9.18 Å². The van der Waals surface area contributed by atoms with Gasteiger partial charge in [0.1, 0.15) is 11.1 Å². The second-order valence-electron chi connectivity index (χ2n) is 5.27. The molecule has 0 spiro atoms. The second kappa shape index (κ2) is 9.35. The molecule has 0 aromatic heterocycles. The number of thioether (sulfide) groups is 1. The Morgan fingerprint density at radius 3 is 3.00 bits per heavy atom. The average molecular weight is 404 g/mol. The largest absolute Gasteiger partial charge is 0.465 e. The summed E-state index contributed by atoms with van der Waals surface area (Å²) in [4.78, 5) is 12.3. The molecule has 1 unspecified atom stereocenters. The zero-order valence-electron chi connectivity index (χ0n) is 13.9. The highest BCUT2D eigenvalue weighted by Gasteiger charge is 2.20. The molecule has 1 aromatic carbocycles. The lowest BCUT2D eigenvalue weighted by Gasteiger charge is -2.23. The molecule has 1 heterocycles. The van der Waals surface area contributed by atoms with E-state index in [1.807, 2.05) is 0 Å². The Bertz CT molecular complexity index is 688. The van der Waals surface area contributed by atoms with Gasteiger partial charge in [-0.1, -0.05) is 11.6 Å². The van der Waals surface area contributed by atoms with Gasteiger partial charge >= 0.3 is 5.97 Å². The molecule has 136 valence electrons. The lowest BCUT2D eigenvalue weighted by molar-refractivity contribution is -0.142. The Labute approximate surface area is 160 Å². The first kappa shape index (κ1) is 19.9. The van der Waals surface area contributed by atoms with Crippen molar-refractivity contribution >= 4 is 58.6 Å². The molecule has 0 radical (unpaired) electrons. The van der Waals surface area contributed by atoms with Crippen LogP contribution in [-0.4, -0.2) is 40.7 Å². The summed E-state index contributed by atoms with van der Waals surface area (Å²) in [7, 11) is 0. The predicted molar refractivity (Wildman–Crippen MR) is 104 cm³/mol. The van der Waals surface area contributed by atoms with Crippen molar-refractivity contribution in [3.63, 3.8) is 0 Å². The van der Waals surface area contributed by atoms with Gasteiger partial charge in [0.15, 0.2) is 5.11 Å². The maximum atomic E-state index is 14.2. The molecule has 0 amide bonds. The van der Waals surface area contributed by atoms with E-state index in [0.717, 1.165) is 12.8 Å². The topological polar surface area (TPSA) is 53.9 Å². The molecule has 5 nitrogen and oxygen atoms in total. The molecule has 9 heteroatoms. The van der Waals surface area contributed by atoms with E-state index in [1.165, 1.54) is 23.9 Å². The minimum Gasteiger partial charge on any atom is -0.465 e. The van der Waals surface area contributed by atoms with Gasteiger partial charge in [-0.15, -0.1) is 11.8 Å². The highest BCUT2D eigenvalue weighted by molar-refractivity contribution is 8.00. The smallest absolute Gasteiger partial charge is 0.319 e. The number of esters is 1. The molecular weight excluding hydrogens is 385 g/mol. The highest BCUT2D eigenvalue weighted by atomic mass is 35.5. The van der Waals surface area contributed by atoms with Crippen molar-refractivity contribution in [2.75, 3.05) is 18.5 Å². The van der Waals surface area contributed by atoms with E-state index in [0.29, 0.717) is 23.2 Å². The van der Waals surface area contributed by atoms with Gasteiger partial charge in [-0.2, -0.15) is 5.10 Å². The number of benzene rings is 1. The third-order valence-electron chi connectivity index (χ3n) is 3.34. The number of halogens is 2. The van der Waals surface area contributed by atoms with Gasteiger partial charge < -0.3 is 10.1 Å². The van der Waals surface area contributed by atoms with Crippen molar-refractivity contribution in [3.8, 4) is 0 Å². The molecule has 2 rings (SSSR count). The molecule has 0 saturated carbocycles. The fourth-order valence-corrected chi connectivity index (χ4v) is 3.53. The zero-order chi connectivity index (χ0) is 18.4. The number of carbonyl (C=O) groups is 1. The summed E-state index contributed by atoms with van der Waals surface area (Å²) < 4.78 is 19.2. The van der Waals surface area contributed by atoms with Gasteiger partial charge in [-0.05, 0) is 51.0 Å². The molecule has 0 bridgehead atoms. The summed E-state index contributed by atoms with van der Waals surface area (Å²) in [5.74, 6) is -0.873. The molecule has 1 atom stereocenters. The van der Waals surface area contributed by atoms with E-state index < -0.39 is 11.1 Å². The molecule has 1 aromatic rings. The summed E-state index contributed by atoms with van der Waals surface area (Å²) in [6.45, 7) is 4.44. The van der Waals surface area contributed by atoms with Gasteiger partial charge in [-0.25, -0.2) is 9.40 Å². The molecule has 1 aliphatic rings. The summed E-state index contributed by atoms with van der Waals surface area (Å²) in [6, 6.07) is 2.74.